The highest BCUT2D eigenvalue weighted by atomic mass is 32.2. The van der Waals surface area contributed by atoms with Crippen LogP contribution in [-0.4, -0.2) is 20.4 Å². The first-order valence-corrected chi connectivity index (χ1v) is 8.20. The minimum Gasteiger partial charge on any atom is -0.386 e. The summed E-state index contributed by atoms with van der Waals surface area (Å²) in [6.07, 6.45) is 0. The molecule has 0 radical (unpaired) electrons. The summed E-state index contributed by atoms with van der Waals surface area (Å²) in [7, 11) is -2.52. The minimum atomic E-state index is -2.52. The molecule has 23 heavy (non-hydrogen) atoms. The number of carbonyl (C=O) groups excluding carboxylic acids is 2. The normalized spacial score (nSPS) is 14.5. The van der Waals surface area contributed by atoms with Crippen LogP contribution in [0.2, 0.25) is 0 Å². The molecule has 0 aliphatic carbocycles. The fourth-order valence-electron chi connectivity index (χ4n) is 2.45. The Morgan fingerprint density at radius 2 is 1.26 bits per heavy atom. The quantitative estimate of drug-likeness (QED) is 0.526. The van der Waals surface area contributed by atoms with Crippen LogP contribution in [0, 0.1) is 0 Å². The summed E-state index contributed by atoms with van der Waals surface area (Å²) in [5, 5.41) is 0. The van der Waals surface area contributed by atoms with Gasteiger partial charge in [0, 0.05) is 0 Å². The molecule has 0 spiro atoms. The van der Waals surface area contributed by atoms with Crippen molar-refractivity contribution >= 4 is 33.8 Å². The second-order valence-electron chi connectivity index (χ2n) is 4.98. The van der Waals surface area contributed by atoms with Crippen molar-refractivity contribution in [1.29, 1.82) is 0 Å². The lowest BCUT2D eigenvalue weighted by Gasteiger charge is -2.04. The fourth-order valence-corrected chi connectivity index (χ4v) is 2.95. The summed E-state index contributed by atoms with van der Waals surface area (Å²) in [6.45, 7) is 0. The molecular weight excluding hydrogens is 316 g/mol. The van der Waals surface area contributed by atoms with E-state index in [-0.39, 0.29) is 16.9 Å². The Bertz CT molecular complexity index is 869. The maximum Gasteiger partial charge on any atom is 0.347 e. The lowest BCUT2D eigenvalue weighted by molar-refractivity contribution is -0.149. The summed E-state index contributed by atoms with van der Waals surface area (Å²) in [5.41, 5.74) is 2.15. The molecule has 1 aliphatic rings. The van der Waals surface area contributed by atoms with Crippen LogP contribution in [-0.2, 0) is 30.8 Å². The molecule has 1 aliphatic heterocycles. The van der Waals surface area contributed by atoms with Gasteiger partial charge in [0.1, 0.15) is 10.7 Å². The van der Waals surface area contributed by atoms with Crippen LogP contribution in [0.15, 0.2) is 54.6 Å². The molecule has 5 nitrogen and oxygen atoms in total. The van der Waals surface area contributed by atoms with Gasteiger partial charge in [-0.3, -0.25) is 0 Å². The molecule has 1 heterocycles. The maximum absolute atomic E-state index is 12.0. The van der Waals surface area contributed by atoms with Crippen LogP contribution in [0.4, 0.5) is 0 Å². The fraction of sp³-hybridized carbons (Fsp3) is 0.0588. The topological polar surface area (TPSA) is 77.5 Å². The number of hydrogen-bond acceptors (Lipinski definition) is 5. The highest BCUT2D eigenvalue weighted by molar-refractivity contribution is 7.71. The molecule has 2 aromatic rings. The number of cyclic esters (lactones) is 2. The second-order valence-corrected chi connectivity index (χ2v) is 5.96. The van der Waals surface area contributed by atoms with Crippen LogP contribution in [0.5, 0.6) is 0 Å². The Morgan fingerprint density at radius 3 is 1.78 bits per heavy atom. The van der Waals surface area contributed by atoms with Gasteiger partial charge < -0.3 is 4.74 Å². The zero-order chi connectivity index (χ0) is 16.4. The molecule has 0 saturated carbocycles. The van der Waals surface area contributed by atoms with Gasteiger partial charge in [-0.15, -0.1) is 0 Å². The third kappa shape index (κ3) is 3.07. The molecule has 0 aromatic heterocycles. The first kappa shape index (κ1) is 15.2. The molecule has 0 fully saturated rings. The first-order chi connectivity index (χ1) is 11.1. The molecule has 2 aromatic carbocycles. The van der Waals surface area contributed by atoms with Gasteiger partial charge in [-0.1, -0.05) is 54.6 Å². The zero-order valence-electron chi connectivity index (χ0n) is 11.9. The van der Waals surface area contributed by atoms with Crippen LogP contribution in [0.25, 0.3) is 11.1 Å². The number of ether oxygens (including phenoxy) is 1. The molecular formula is C17H12O5S. The van der Waals surface area contributed by atoms with Gasteiger partial charge in [-0.25, -0.2) is 18.0 Å². The van der Waals surface area contributed by atoms with E-state index < -0.39 is 22.6 Å². The van der Waals surface area contributed by atoms with Crippen molar-refractivity contribution in [2.24, 2.45) is 0 Å². The van der Waals surface area contributed by atoms with Gasteiger partial charge in [0.25, 0.3) is 0 Å². The third-order valence-electron chi connectivity index (χ3n) is 3.46. The largest absolute Gasteiger partial charge is 0.386 e. The van der Waals surface area contributed by atoms with Crippen LogP contribution >= 0.6 is 0 Å². The van der Waals surface area contributed by atoms with Crippen LogP contribution in [0.3, 0.4) is 0 Å². The van der Waals surface area contributed by atoms with E-state index in [1.54, 1.807) is 48.5 Å². The summed E-state index contributed by atoms with van der Waals surface area (Å²) < 4.78 is 26.2. The maximum atomic E-state index is 12.0. The number of hydrogen-bond donors (Lipinski definition) is 1. The van der Waals surface area contributed by atoms with Gasteiger partial charge in [-0.05, 0) is 16.7 Å². The molecule has 116 valence electrons. The van der Waals surface area contributed by atoms with Crippen molar-refractivity contribution in [3.63, 3.8) is 0 Å². The van der Waals surface area contributed by atoms with E-state index in [1.165, 1.54) is 0 Å². The summed E-state index contributed by atoms with van der Waals surface area (Å²) in [5.74, 6) is -1.44. The molecule has 0 saturated heterocycles. The number of thiol groups is 1. The van der Waals surface area contributed by atoms with Gasteiger partial charge in [-0.2, -0.15) is 0 Å². The van der Waals surface area contributed by atoms with E-state index in [0.717, 1.165) is 0 Å². The molecule has 0 unspecified atom stereocenters. The second kappa shape index (κ2) is 6.18. The van der Waals surface area contributed by atoms with Crippen molar-refractivity contribution < 1.29 is 22.7 Å². The monoisotopic (exact) mass is 328 g/mol. The van der Waals surface area contributed by atoms with Crippen molar-refractivity contribution in [3.8, 4) is 0 Å². The van der Waals surface area contributed by atoms with E-state index in [4.69, 9.17) is 4.74 Å². The van der Waals surface area contributed by atoms with E-state index >= 15 is 0 Å². The van der Waals surface area contributed by atoms with E-state index in [9.17, 15) is 18.0 Å². The highest BCUT2D eigenvalue weighted by Crippen LogP contribution is 2.33. The van der Waals surface area contributed by atoms with Gasteiger partial charge in [0.05, 0.1) is 16.9 Å². The van der Waals surface area contributed by atoms with Gasteiger partial charge in [0.2, 0.25) is 0 Å². The molecule has 3 rings (SSSR count). The average molecular weight is 328 g/mol. The number of benzene rings is 2. The van der Waals surface area contributed by atoms with Crippen molar-refractivity contribution in [3.05, 3.63) is 71.3 Å². The molecule has 0 amide bonds. The van der Waals surface area contributed by atoms with Crippen LogP contribution < -0.4 is 0 Å². The Labute approximate surface area is 134 Å². The van der Waals surface area contributed by atoms with Gasteiger partial charge >= 0.3 is 11.9 Å². The summed E-state index contributed by atoms with van der Waals surface area (Å²) >= 11 is 0. The van der Waals surface area contributed by atoms with Crippen molar-refractivity contribution in [1.82, 2.24) is 0 Å². The number of esters is 2. The predicted molar refractivity (Wildman–Crippen MR) is 84.8 cm³/mol. The molecule has 0 N–H and O–H groups in total. The predicted octanol–water partition coefficient (Wildman–Crippen LogP) is 1.79. The van der Waals surface area contributed by atoms with E-state index in [0.29, 0.717) is 16.7 Å². The third-order valence-corrected chi connectivity index (χ3v) is 4.08. The molecule has 6 heteroatoms. The number of carbonyl (C=O) groups is 2. The SMILES string of the molecule is O=C1OC(=O)C(c2ccc(C[SH](=O)=O)cc2)=C1c1ccccc1. The Kier molecular flexibility index (Phi) is 4.08. The summed E-state index contributed by atoms with van der Waals surface area (Å²) in [4.78, 5) is 24.0. The van der Waals surface area contributed by atoms with Crippen LogP contribution in [0.1, 0.15) is 16.7 Å². The smallest absolute Gasteiger partial charge is 0.347 e. The highest BCUT2D eigenvalue weighted by Gasteiger charge is 2.34. The van der Waals surface area contributed by atoms with E-state index in [1.807, 2.05) is 6.07 Å². The van der Waals surface area contributed by atoms with Gasteiger partial charge in [0.15, 0.2) is 0 Å². The standard InChI is InChI=1S/C17H12O5S/c18-16-14(12-4-2-1-3-5-12)15(17(19)22-16)13-8-6-11(7-9-13)10-23(20)21/h1-9,23H,10H2. The van der Waals surface area contributed by atoms with Crippen molar-refractivity contribution in [2.75, 3.05) is 0 Å². The molecule has 0 bridgehead atoms. The average Bonchev–Trinajstić information content (AvgIpc) is 2.83. The minimum absolute atomic E-state index is 0.0659. The molecule has 0 atom stereocenters. The Morgan fingerprint density at radius 1 is 0.739 bits per heavy atom. The first-order valence-electron chi connectivity index (χ1n) is 6.83. The lowest BCUT2D eigenvalue weighted by Crippen LogP contribution is -2.02. The van der Waals surface area contributed by atoms with Crippen molar-refractivity contribution in [2.45, 2.75) is 5.75 Å². The number of rotatable bonds is 4. The summed E-state index contributed by atoms with van der Waals surface area (Å²) in [6, 6.07) is 15.3. The Hall–Kier alpha value is -2.73. The Balaban J connectivity index is 2.09. The lowest BCUT2D eigenvalue weighted by atomic mass is 9.96. The van der Waals surface area contributed by atoms with E-state index in [2.05, 4.69) is 0 Å². The zero-order valence-corrected chi connectivity index (χ0v) is 12.8.